The molecule has 0 radical (unpaired) electrons. The maximum atomic E-state index is 12.6. The number of morpholine rings is 1. The highest BCUT2D eigenvalue weighted by atomic mass is 16.5. The Labute approximate surface area is 170 Å². The highest BCUT2D eigenvalue weighted by Crippen LogP contribution is 2.26. The van der Waals surface area contributed by atoms with E-state index in [1.165, 1.54) is 0 Å². The Kier molecular flexibility index (Phi) is 6.22. The molecular formula is C23H27N3O3. The molecule has 1 N–H and O–H groups in total. The fourth-order valence-corrected chi connectivity index (χ4v) is 3.53. The number of furan rings is 1. The van der Waals surface area contributed by atoms with Gasteiger partial charge in [0.1, 0.15) is 11.3 Å². The van der Waals surface area contributed by atoms with Gasteiger partial charge in [0.2, 0.25) is 0 Å². The van der Waals surface area contributed by atoms with Gasteiger partial charge in [-0.2, -0.15) is 0 Å². The molecular weight excluding hydrogens is 366 g/mol. The predicted octanol–water partition coefficient (Wildman–Crippen LogP) is 3.51. The average molecular weight is 393 g/mol. The molecule has 152 valence electrons. The van der Waals surface area contributed by atoms with Gasteiger partial charge in [-0.15, -0.1) is 0 Å². The number of nitrogens with zero attached hydrogens (tertiary/aromatic N) is 2. The fourth-order valence-electron chi connectivity index (χ4n) is 3.53. The Hall–Kier alpha value is -2.70. The normalized spacial score (nSPS) is 14.4. The molecule has 2 aromatic heterocycles. The lowest BCUT2D eigenvalue weighted by Gasteiger charge is -2.26. The molecule has 1 amide bonds. The molecule has 6 heteroatoms. The van der Waals surface area contributed by atoms with Gasteiger partial charge in [-0.05, 0) is 49.4 Å². The zero-order valence-electron chi connectivity index (χ0n) is 16.8. The Balaban J connectivity index is 1.46. The zero-order valence-corrected chi connectivity index (χ0v) is 16.8. The van der Waals surface area contributed by atoms with Crippen molar-refractivity contribution in [2.24, 2.45) is 0 Å². The summed E-state index contributed by atoms with van der Waals surface area (Å²) < 4.78 is 11.2. The quantitative estimate of drug-likeness (QED) is 0.622. The summed E-state index contributed by atoms with van der Waals surface area (Å²) >= 11 is 0. The van der Waals surface area contributed by atoms with Crippen molar-refractivity contribution in [3.05, 3.63) is 53.9 Å². The third kappa shape index (κ3) is 4.66. The minimum atomic E-state index is 0.0129. The van der Waals surface area contributed by atoms with E-state index in [1.807, 2.05) is 29.2 Å². The topological polar surface area (TPSA) is 67.6 Å². The van der Waals surface area contributed by atoms with Gasteiger partial charge in [-0.3, -0.25) is 9.78 Å². The average Bonchev–Trinajstić information content (AvgIpc) is 3.19. The molecule has 1 saturated heterocycles. The molecule has 3 heterocycles. The van der Waals surface area contributed by atoms with Gasteiger partial charge < -0.3 is 19.4 Å². The molecule has 1 aromatic carbocycles. The smallest absolute Gasteiger partial charge is 0.255 e. The number of aromatic nitrogens is 1. The first-order valence-corrected chi connectivity index (χ1v) is 10.3. The molecule has 0 atom stereocenters. The summed E-state index contributed by atoms with van der Waals surface area (Å²) in [6, 6.07) is 11.9. The summed E-state index contributed by atoms with van der Waals surface area (Å²) in [6.45, 7) is 6.56. The minimum absolute atomic E-state index is 0.0129. The molecule has 0 aliphatic carbocycles. The second-order valence-electron chi connectivity index (χ2n) is 7.30. The van der Waals surface area contributed by atoms with E-state index >= 15 is 0 Å². The summed E-state index contributed by atoms with van der Waals surface area (Å²) in [5.74, 6) is 0.999. The number of ether oxygens (including phenoxy) is 1. The third-order valence-electron chi connectivity index (χ3n) is 5.15. The second kappa shape index (κ2) is 9.20. The largest absolute Gasteiger partial charge is 0.461 e. The number of fused-ring (bicyclic) bond motifs is 1. The maximum absolute atomic E-state index is 12.6. The molecule has 0 bridgehead atoms. The van der Waals surface area contributed by atoms with Gasteiger partial charge in [0.15, 0.2) is 0 Å². The van der Waals surface area contributed by atoms with E-state index in [1.54, 1.807) is 6.20 Å². The van der Waals surface area contributed by atoms with Crippen molar-refractivity contribution in [2.75, 3.05) is 39.4 Å². The Bertz CT molecular complexity index is 959. The van der Waals surface area contributed by atoms with Crippen LogP contribution in [0.3, 0.4) is 0 Å². The van der Waals surface area contributed by atoms with Crippen LogP contribution >= 0.6 is 0 Å². The van der Waals surface area contributed by atoms with Crippen LogP contribution in [0.4, 0.5) is 0 Å². The van der Waals surface area contributed by atoms with E-state index in [9.17, 15) is 4.79 Å². The summed E-state index contributed by atoms with van der Waals surface area (Å²) in [5, 5.41) is 4.47. The van der Waals surface area contributed by atoms with Crippen LogP contribution in [0.5, 0.6) is 0 Å². The van der Waals surface area contributed by atoms with Crippen molar-refractivity contribution in [3.8, 4) is 11.3 Å². The molecule has 1 fully saturated rings. The van der Waals surface area contributed by atoms with Gasteiger partial charge in [0.25, 0.3) is 5.91 Å². The molecule has 4 rings (SSSR count). The maximum Gasteiger partial charge on any atom is 0.255 e. The van der Waals surface area contributed by atoms with Gasteiger partial charge >= 0.3 is 0 Å². The molecule has 6 nitrogen and oxygen atoms in total. The summed E-state index contributed by atoms with van der Waals surface area (Å²) in [4.78, 5) is 18.9. The lowest BCUT2D eigenvalue weighted by Crippen LogP contribution is -2.40. The summed E-state index contributed by atoms with van der Waals surface area (Å²) in [7, 11) is 0. The zero-order chi connectivity index (χ0) is 20.1. The Morgan fingerprint density at radius 2 is 2.00 bits per heavy atom. The number of nitrogens with one attached hydrogen (secondary N) is 1. The number of carbonyl (C=O) groups is 1. The Morgan fingerprint density at radius 1 is 1.14 bits per heavy atom. The Morgan fingerprint density at radius 3 is 2.76 bits per heavy atom. The number of hydrogen-bond donors (Lipinski definition) is 1. The van der Waals surface area contributed by atoms with E-state index in [-0.39, 0.29) is 5.91 Å². The van der Waals surface area contributed by atoms with Crippen LogP contribution in [0.1, 0.15) is 29.5 Å². The summed E-state index contributed by atoms with van der Waals surface area (Å²) in [5.41, 5.74) is 3.36. The van der Waals surface area contributed by atoms with Crippen LogP contribution < -0.4 is 5.32 Å². The van der Waals surface area contributed by atoms with Gasteiger partial charge in [0.05, 0.1) is 24.5 Å². The molecule has 1 aliphatic rings. The van der Waals surface area contributed by atoms with Gasteiger partial charge in [0, 0.05) is 43.2 Å². The van der Waals surface area contributed by atoms with Crippen molar-refractivity contribution >= 4 is 16.9 Å². The SMILES string of the molecule is CCCNCCc1cc2cc(-c3ccc(C(=O)N4CCOCC4)cn3)ccc2o1. The standard InChI is InChI=1S/C23H27N3O3/c1-2-8-24-9-7-20-15-19-14-17(4-6-22(19)29-20)21-5-3-18(16-25-21)23(27)26-10-12-28-13-11-26/h3-6,14-16,24H,2,7-13H2,1H3. The minimum Gasteiger partial charge on any atom is -0.461 e. The first-order chi connectivity index (χ1) is 14.2. The van der Waals surface area contributed by atoms with E-state index in [4.69, 9.17) is 9.15 Å². The lowest BCUT2D eigenvalue weighted by atomic mass is 10.1. The number of amides is 1. The molecule has 3 aromatic rings. The van der Waals surface area contributed by atoms with E-state index < -0.39 is 0 Å². The number of pyridine rings is 1. The molecule has 0 unspecified atom stereocenters. The van der Waals surface area contributed by atoms with E-state index in [2.05, 4.69) is 29.4 Å². The number of hydrogen-bond acceptors (Lipinski definition) is 5. The highest BCUT2D eigenvalue weighted by Gasteiger charge is 2.18. The van der Waals surface area contributed by atoms with E-state index in [0.29, 0.717) is 31.9 Å². The number of benzene rings is 1. The van der Waals surface area contributed by atoms with Crippen molar-refractivity contribution in [1.29, 1.82) is 0 Å². The first kappa shape index (κ1) is 19.6. The van der Waals surface area contributed by atoms with Crippen LogP contribution in [0.25, 0.3) is 22.2 Å². The monoisotopic (exact) mass is 393 g/mol. The van der Waals surface area contributed by atoms with Crippen LogP contribution in [-0.2, 0) is 11.2 Å². The van der Waals surface area contributed by atoms with Crippen molar-refractivity contribution in [2.45, 2.75) is 19.8 Å². The number of carbonyl (C=O) groups excluding carboxylic acids is 1. The van der Waals surface area contributed by atoms with Gasteiger partial charge in [-0.1, -0.05) is 6.92 Å². The van der Waals surface area contributed by atoms with Crippen LogP contribution in [0.15, 0.2) is 47.0 Å². The van der Waals surface area contributed by atoms with Crippen LogP contribution in [-0.4, -0.2) is 55.2 Å². The van der Waals surface area contributed by atoms with Crippen molar-refractivity contribution in [1.82, 2.24) is 15.2 Å². The van der Waals surface area contributed by atoms with Gasteiger partial charge in [-0.25, -0.2) is 0 Å². The molecule has 29 heavy (non-hydrogen) atoms. The van der Waals surface area contributed by atoms with E-state index in [0.717, 1.165) is 53.9 Å². The van der Waals surface area contributed by atoms with Crippen LogP contribution in [0.2, 0.25) is 0 Å². The second-order valence-corrected chi connectivity index (χ2v) is 7.30. The highest BCUT2D eigenvalue weighted by molar-refractivity contribution is 5.94. The fraction of sp³-hybridized carbons (Fsp3) is 0.391. The summed E-state index contributed by atoms with van der Waals surface area (Å²) in [6.07, 6.45) is 3.67. The third-order valence-corrected chi connectivity index (χ3v) is 5.15. The lowest BCUT2D eigenvalue weighted by molar-refractivity contribution is 0.0302. The van der Waals surface area contributed by atoms with Crippen molar-refractivity contribution < 1.29 is 13.9 Å². The number of rotatable bonds is 7. The van der Waals surface area contributed by atoms with Crippen molar-refractivity contribution in [3.63, 3.8) is 0 Å². The molecule has 0 spiro atoms. The first-order valence-electron chi connectivity index (χ1n) is 10.3. The van der Waals surface area contributed by atoms with Crippen LogP contribution in [0, 0.1) is 0 Å². The predicted molar refractivity (Wildman–Crippen MR) is 113 cm³/mol. The molecule has 0 saturated carbocycles. The molecule has 1 aliphatic heterocycles.